The molecule has 1 saturated heterocycles. The molecule has 1 aromatic heterocycles. The van der Waals surface area contributed by atoms with Crippen LogP contribution in [0.1, 0.15) is 6.42 Å². The molecule has 0 bridgehead atoms. The highest BCUT2D eigenvalue weighted by atomic mass is 16.5. The maximum atomic E-state index is 11.9. The standard InChI is InChI=1S/C12H19N5O2/c1-13-10-8-11(16-9-15-10)14-3-2-12(18)17-4-6-19-7-5-17/h8-9H,2-7H2,1H3,(H2,13,14,15,16). The molecule has 0 unspecified atom stereocenters. The smallest absolute Gasteiger partial charge is 0.224 e. The van der Waals surface area contributed by atoms with Crippen molar-refractivity contribution in [3.63, 3.8) is 0 Å². The molecule has 1 aliphatic heterocycles. The molecule has 0 spiro atoms. The van der Waals surface area contributed by atoms with Crippen molar-refractivity contribution >= 4 is 17.5 Å². The Bertz CT molecular complexity index is 420. The number of hydrogen-bond donors (Lipinski definition) is 2. The Balaban J connectivity index is 1.74. The second kappa shape index (κ2) is 6.89. The maximum absolute atomic E-state index is 11.9. The molecular weight excluding hydrogens is 246 g/mol. The zero-order valence-electron chi connectivity index (χ0n) is 11.1. The van der Waals surface area contributed by atoms with Gasteiger partial charge in [-0.3, -0.25) is 4.79 Å². The van der Waals surface area contributed by atoms with E-state index in [2.05, 4.69) is 20.6 Å². The number of rotatable bonds is 5. The SMILES string of the molecule is CNc1cc(NCCC(=O)N2CCOCC2)ncn1. The summed E-state index contributed by atoms with van der Waals surface area (Å²) < 4.78 is 5.22. The minimum absolute atomic E-state index is 0.152. The predicted octanol–water partition coefficient (Wildman–Crippen LogP) is 0.179. The molecule has 0 aromatic carbocycles. The van der Waals surface area contributed by atoms with E-state index >= 15 is 0 Å². The average Bonchev–Trinajstić information content (AvgIpc) is 2.48. The fourth-order valence-electron chi connectivity index (χ4n) is 1.86. The van der Waals surface area contributed by atoms with Gasteiger partial charge in [0.15, 0.2) is 0 Å². The Morgan fingerprint density at radius 1 is 1.37 bits per heavy atom. The molecular formula is C12H19N5O2. The predicted molar refractivity (Wildman–Crippen MR) is 72.1 cm³/mol. The molecule has 0 saturated carbocycles. The second-order valence-corrected chi connectivity index (χ2v) is 4.21. The topological polar surface area (TPSA) is 79.4 Å². The fraction of sp³-hybridized carbons (Fsp3) is 0.583. The normalized spacial score (nSPS) is 15.1. The molecule has 1 fully saturated rings. The van der Waals surface area contributed by atoms with Crippen LogP contribution in [-0.4, -0.2) is 60.7 Å². The van der Waals surface area contributed by atoms with Gasteiger partial charge in [0, 0.05) is 39.2 Å². The number of hydrogen-bond acceptors (Lipinski definition) is 6. The van der Waals surface area contributed by atoms with E-state index in [9.17, 15) is 4.79 Å². The van der Waals surface area contributed by atoms with Crippen LogP contribution in [0.3, 0.4) is 0 Å². The van der Waals surface area contributed by atoms with Gasteiger partial charge in [0.1, 0.15) is 18.0 Å². The summed E-state index contributed by atoms with van der Waals surface area (Å²) in [5, 5.41) is 6.06. The van der Waals surface area contributed by atoms with Gasteiger partial charge in [-0.1, -0.05) is 0 Å². The number of ether oxygens (including phenoxy) is 1. The van der Waals surface area contributed by atoms with E-state index in [0.717, 1.165) is 5.82 Å². The van der Waals surface area contributed by atoms with Crippen LogP contribution in [0.15, 0.2) is 12.4 Å². The summed E-state index contributed by atoms with van der Waals surface area (Å²) in [7, 11) is 1.80. The van der Waals surface area contributed by atoms with Gasteiger partial charge in [-0.05, 0) is 0 Å². The van der Waals surface area contributed by atoms with E-state index < -0.39 is 0 Å². The van der Waals surface area contributed by atoms with Crippen molar-refractivity contribution in [2.75, 3.05) is 50.5 Å². The first-order valence-electron chi connectivity index (χ1n) is 6.39. The first-order chi connectivity index (χ1) is 9.29. The number of amides is 1. The number of carbonyl (C=O) groups excluding carboxylic acids is 1. The van der Waals surface area contributed by atoms with Crippen molar-refractivity contribution < 1.29 is 9.53 Å². The molecule has 2 heterocycles. The molecule has 19 heavy (non-hydrogen) atoms. The van der Waals surface area contributed by atoms with Crippen LogP contribution in [0.5, 0.6) is 0 Å². The Morgan fingerprint density at radius 2 is 2.11 bits per heavy atom. The zero-order valence-corrected chi connectivity index (χ0v) is 11.1. The third-order valence-corrected chi connectivity index (χ3v) is 2.93. The summed E-state index contributed by atoms with van der Waals surface area (Å²) in [6, 6.07) is 1.80. The van der Waals surface area contributed by atoms with E-state index in [-0.39, 0.29) is 5.91 Å². The monoisotopic (exact) mass is 265 g/mol. The Morgan fingerprint density at radius 3 is 2.84 bits per heavy atom. The number of nitrogens with one attached hydrogen (secondary N) is 2. The van der Waals surface area contributed by atoms with E-state index in [4.69, 9.17) is 4.74 Å². The van der Waals surface area contributed by atoms with Crippen molar-refractivity contribution in [2.24, 2.45) is 0 Å². The zero-order chi connectivity index (χ0) is 13.5. The minimum Gasteiger partial charge on any atom is -0.378 e. The van der Waals surface area contributed by atoms with Gasteiger partial charge in [-0.25, -0.2) is 9.97 Å². The van der Waals surface area contributed by atoms with E-state index in [1.54, 1.807) is 13.1 Å². The molecule has 1 aromatic rings. The van der Waals surface area contributed by atoms with Gasteiger partial charge in [0.2, 0.25) is 5.91 Å². The quantitative estimate of drug-likeness (QED) is 0.790. The van der Waals surface area contributed by atoms with Crippen LogP contribution >= 0.6 is 0 Å². The first-order valence-corrected chi connectivity index (χ1v) is 6.39. The number of anilines is 2. The Labute approximate surface area is 112 Å². The van der Waals surface area contributed by atoms with Crippen molar-refractivity contribution in [1.82, 2.24) is 14.9 Å². The minimum atomic E-state index is 0.152. The largest absolute Gasteiger partial charge is 0.378 e. The maximum Gasteiger partial charge on any atom is 0.224 e. The second-order valence-electron chi connectivity index (χ2n) is 4.21. The Kier molecular flexibility index (Phi) is 4.91. The molecule has 7 nitrogen and oxygen atoms in total. The van der Waals surface area contributed by atoms with Gasteiger partial charge in [-0.15, -0.1) is 0 Å². The lowest BCUT2D eigenvalue weighted by Gasteiger charge is -2.26. The van der Waals surface area contributed by atoms with Crippen molar-refractivity contribution in [3.05, 3.63) is 12.4 Å². The molecule has 2 N–H and O–H groups in total. The average molecular weight is 265 g/mol. The summed E-state index contributed by atoms with van der Waals surface area (Å²) >= 11 is 0. The summed E-state index contributed by atoms with van der Waals surface area (Å²) in [5.41, 5.74) is 0. The van der Waals surface area contributed by atoms with E-state index in [1.807, 2.05) is 4.90 Å². The lowest BCUT2D eigenvalue weighted by Crippen LogP contribution is -2.41. The van der Waals surface area contributed by atoms with Crippen molar-refractivity contribution in [3.8, 4) is 0 Å². The van der Waals surface area contributed by atoms with Gasteiger partial charge >= 0.3 is 0 Å². The summed E-state index contributed by atoms with van der Waals surface area (Å²) in [4.78, 5) is 21.8. The highest BCUT2D eigenvalue weighted by Crippen LogP contribution is 2.07. The number of nitrogens with zero attached hydrogens (tertiary/aromatic N) is 3. The fourth-order valence-corrected chi connectivity index (χ4v) is 1.86. The van der Waals surface area contributed by atoms with Gasteiger partial charge in [-0.2, -0.15) is 0 Å². The van der Waals surface area contributed by atoms with Gasteiger partial charge < -0.3 is 20.3 Å². The van der Waals surface area contributed by atoms with Crippen LogP contribution in [0.25, 0.3) is 0 Å². The van der Waals surface area contributed by atoms with Crippen molar-refractivity contribution in [1.29, 1.82) is 0 Å². The third-order valence-electron chi connectivity index (χ3n) is 2.93. The van der Waals surface area contributed by atoms with Crippen LogP contribution in [0, 0.1) is 0 Å². The van der Waals surface area contributed by atoms with Crippen LogP contribution in [-0.2, 0) is 9.53 Å². The highest BCUT2D eigenvalue weighted by Gasteiger charge is 2.15. The van der Waals surface area contributed by atoms with Crippen LogP contribution in [0.4, 0.5) is 11.6 Å². The number of aromatic nitrogens is 2. The van der Waals surface area contributed by atoms with Gasteiger partial charge in [0.05, 0.1) is 13.2 Å². The molecule has 0 atom stereocenters. The van der Waals surface area contributed by atoms with Crippen LogP contribution < -0.4 is 10.6 Å². The van der Waals surface area contributed by atoms with Gasteiger partial charge in [0.25, 0.3) is 0 Å². The molecule has 1 amide bonds. The summed E-state index contributed by atoms with van der Waals surface area (Å²) in [6.07, 6.45) is 1.94. The molecule has 7 heteroatoms. The van der Waals surface area contributed by atoms with Crippen molar-refractivity contribution in [2.45, 2.75) is 6.42 Å². The molecule has 104 valence electrons. The lowest BCUT2D eigenvalue weighted by molar-refractivity contribution is -0.134. The number of morpholine rings is 1. The molecule has 2 rings (SSSR count). The molecule has 0 radical (unpaired) electrons. The number of carbonyl (C=O) groups is 1. The Hall–Kier alpha value is -1.89. The molecule has 1 aliphatic rings. The first kappa shape index (κ1) is 13.5. The van der Waals surface area contributed by atoms with Crippen LogP contribution in [0.2, 0.25) is 0 Å². The summed E-state index contributed by atoms with van der Waals surface area (Å²) in [6.45, 7) is 3.22. The lowest BCUT2D eigenvalue weighted by atomic mass is 10.3. The van der Waals surface area contributed by atoms with E-state index in [0.29, 0.717) is 45.1 Å². The third kappa shape index (κ3) is 4.06. The van der Waals surface area contributed by atoms with E-state index in [1.165, 1.54) is 6.33 Å². The highest BCUT2D eigenvalue weighted by molar-refractivity contribution is 5.76. The summed E-state index contributed by atoms with van der Waals surface area (Å²) in [5.74, 6) is 1.62. The molecule has 0 aliphatic carbocycles.